The van der Waals surface area contributed by atoms with Gasteiger partial charge in [-0.15, -0.1) is 0 Å². The Morgan fingerprint density at radius 3 is 3.06 bits per heavy atom. The maximum absolute atomic E-state index is 11.7. The van der Waals surface area contributed by atoms with Gasteiger partial charge < -0.3 is 9.30 Å². The maximum Gasteiger partial charge on any atom is 0.259 e. The molecule has 0 aliphatic rings. The largest absolute Gasteiger partial charge is 0.382 e. The lowest BCUT2D eigenvalue weighted by Gasteiger charge is -2.16. The van der Waals surface area contributed by atoms with Crippen LogP contribution in [-0.2, 0) is 9.53 Å². The number of nitrogens with two attached hydrogens (primary N) is 1. The Bertz CT molecular complexity index is 523. The number of para-hydroxylation sites is 2. The highest BCUT2D eigenvalue weighted by Crippen LogP contribution is 2.17. The summed E-state index contributed by atoms with van der Waals surface area (Å²) in [7, 11) is 1.54. The van der Waals surface area contributed by atoms with Gasteiger partial charge in [-0.3, -0.25) is 10.2 Å². The van der Waals surface area contributed by atoms with Crippen molar-refractivity contribution in [3.05, 3.63) is 30.6 Å². The number of hydrogen-bond donors (Lipinski definition) is 2. The van der Waals surface area contributed by atoms with E-state index in [0.717, 1.165) is 11.0 Å². The van der Waals surface area contributed by atoms with Crippen molar-refractivity contribution in [1.29, 1.82) is 0 Å². The monoisotopic (exact) mass is 234 g/mol. The highest BCUT2D eigenvalue weighted by atomic mass is 16.5. The van der Waals surface area contributed by atoms with E-state index in [4.69, 9.17) is 10.6 Å². The third-order valence-corrected chi connectivity index (χ3v) is 2.59. The van der Waals surface area contributed by atoms with Crippen molar-refractivity contribution in [3.63, 3.8) is 0 Å². The number of nitrogens with one attached hydrogen (secondary N) is 1. The fourth-order valence-corrected chi connectivity index (χ4v) is 1.76. The van der Waals surface area contributed by atoms with E-state index in [1.807, 2.05) is 24.3 Å². The van der Waals surface area contributed by atoms with Crippen LogP contribution in [0.5, 0.6) is 0 Å². The zero-order valence-corrected chi connectivity index (χ0v) is 9.46. The van der Waals surface area contributed by atoms with Crippen LogP contribution in [0.2, 0.25) is 0 Å². The molecule has 3 N–H and O–H groups in total. The Morgan fingerprint density at radius 1 is 1.59 bits per heavy atom. The second-order valence-corrected chi connectivity index (χ2v) is 3.62. The molecule has 90 valence electrons. The van der Waals surface area contributed by atoms with E-state index in [0.29, 0.717) is 0 Å². The molecule has 0 saturated heterocycles. The Balaban J connectivity index is 2.45. The summed E-state index contributed by atoms with van der Waals surface area (Å²) in [5.41, 5.74) is 3.84. The minimum Gasteiger partial charge on any atom is -0.382 e. The van der Waals surface area contributed by atoms with Gasteiger partial charge in [-0.25, -0.2) is 10.8 Å². The van der Waals surface area contributed by atoms with Gasteiger partial charge in [-0.1, -0.05) is 12.1 Å². The molecular weight excluding hydrogens is 220 g/mol. The number of methoxy groups -OCH3 is 1. The van der Waals surface area contributed by atoms with Gasteiger partial charge in [0.1, 0.15) is 6.04 Å². The molecule has 0 spiro atoms. The molecule has 1 amide bonds. The maximum atomic E-state index is 11.7. The van der Waals surface area contributed by atoms with E-state index >= 15 is 0 Å². The lowest BCUT2D eigenvalue weighted by molar-refractivity contribution is -0.125. The van der Waals surface area contributed by atoms with Crippen LogP contribution in [-0.4, -0.2) is 29.2 Å². The van der Waals surface area contributed by atoms with Crippen molar-refractivity contribution in [2.45, 2.75) is 6.04 Å². The van der Waals surface area contributed by atoms with E-state index in [1.165, 1.54) is 7.11 Å². The number of carbonyl (C=O) groups excluding carboxylic acids is 1. The lowest BCUT2D eigenvalue weighted by Crippen LogP contribution is -2.38. The van der Waals surface area contributed by atoms with Crippen LogP contribution in [0.1, 0.15) is 6.04 Å². The molecule has 0 radical (unpaired) electrons. The zero-order valence-electron chi connectivity index (χ0n) is 9.46. The standard InChI is InChI=1S/C11H14N4O2/c1-17-6-10(11(16)14-12)15-7-13-8-4-2-3-5-9(8)15/h2-5,7,10H,6,12H2,1H3,(H,14,16). The first kappa shape index (κ1) is 11.6. The first-order valence-corrected chi connectivity index (χ1v) is 5.19. The third kappa shape index (κ3) is 2.13. The molecule has 1 unspecified atom stereocenters. The summed E-state index contributed by atoms with van der Waals surface area (Å²) in [5.74, 6) is 4.85. The van der Waals surface area contributed by atoms with Gasteiger partial charge in [0, 0.05) is 7.11 Å². The zero-order chi connectivity index (χ0) is 12.3. The third-order valence-electron chi connectivity index (χ3n) is 2.59. The molecule has 0 bridgehead atoms. The normalized spacial score (nSPS) is 12.6. The molecule has 17 heavy (non-hydrogen) atoms. The Labute approximate surface area is 98.3 Å². The molecule has 0 aliphatic carbocycles. The van der Waals surface area contributed by atoms with E-state index < -0.39 is 6.04 Å². The molecule has 2 aromatic rings. The van der Waals surface area contributed by atoms with Gasteiger partial charge in [0.2, 0.25) is 0 Å². The molecule has 2 rings (SSSR count). The second kappa shape index (κ2) is 4.94. The van der Waals surface area contributed by atoms with Crippen LogP contribution in [0.15, 0.2) is 30.6 Å². The number of fused-ring (bicyclic) bond motifs is 1. The fourth-order valence-electron chi connectivity index (χ4n) is 1.76. The Kier molecular flexibility index (Phi) is 3.36. The number of hydrogen-bond acceptors (Lipinski definition) is 4. The lowest BCUT2D eigenvalue weighted by atomic mass is 10.2. The fraction of sp³-hybridized carbons (Fsp3) is 0.273. The molecule has 0 aliphatic heterocycles. The van der Waals surface area contributed by atoms with Crippen LogP contribution >= 0.6 is 0 Å². The summed E-state index contributed by atoms with van der Waals surface area (Å²) in [6.07, 6.45) is 1.61. The van der Waals surface area contributed by atoms with Crippen LogP contribution in [0.3, 0.4) is 0 Å². The van der Waals surface area contributed by atoms with Crippen molar-refractivity contribution >= 4 is 16.9 Å². The highest BCUT2D eigenvalue weighted by molar-refractivity contribution is 5.83. The quantitative estimate of drug-likeness (QED) is 0.450. The Morgan fingerprint density at radius 2 is 2.35 bits per heavy atom. The van der Waals surface area contributed by atoms with Crippen molar-refractivity contribution in [1.82, 2.24) is 15.0 Å². The topological polar surface area (TPSA) is 82.2 Å². The van der Waals surface area contributed by atoms with E-state index in [1.54, 1.807) is 10.9 Å². The number of carbonyl (C=O) groups is 1. The summed E-state index contributed by atoms with van der Waals surface area (Å²) < 4.78 is 6.79. The predicted molar refractivity (Wildman–Crippen MR) is 63.0 cm³/mol. The average Bonchev–Trinajstić information content (AvgIpc) is 2.79. The van der Waals surface area contributed by atoms with Gasteiger partial charge in [0.25, 0.3) is 5.91 Å². The smallest absolute Gasteiger partial charge is 0.259 e. The number of aromatic nitrogens is 2. The first-order valence-electron chi connectivity index (χ1n) is 5.19. The van der Waals surface area contributed by atoms with Crippen molar-refractivity contribution < 1.29 is 9.53 Å². The van der Waals surface area contributed by atoms with Gasteiger partial charge in [-0.2, -0.15) is 0 Å². The second-order valence-electron chi connectivity index (χ2n) is 3.62. The number of rotatable bonds is 4. The van der Waals surface area contributed by atoms with Gasteiger partial charge >= 0.3 is 0 Å². The predicted octanol–water partition coefficient (Wildman–Crippen LogP) is 0.214. The summed E-state index contributed by atoms with van der Waals surface area (Å²) in [6, 6.07) is 7.06. The van der Waals surface area contributed by atoms with E-state index in [9.17, 15) is 4.79 Å². The van der Waals surface area contributed by atoms with Crippen LogP contribution < -0.4 is 11.3 Å². The van der Waals surface area contributed by atoms with Gasteiger partial charge in [-0.05, 0) is 12.1 Å². The molecule has 1 aromatic heterocycles. The SMILES string of the molecule is COCC(C(=O)NN)n1cnc2ccccc21. The van der Waals surface area contributed by atoms with Crippen molar-refractivity contribution in [2.75, 3.05) is 13.7 Å². The molecule has 0 saturated carbocycles. The summed E-state index contributed by atoms with van der Waals surface area (Å²) in [5, 5.41) is 0. The van der Waals surface area contributed by atoms with Gasteiger partial charge in [0.05, 0.1) is 24.0 Å². The minimum absolute atomic E-state index is 0.239. The molecule has 1 heterocycles. The van der Waals surface area contributed by atoms with Crippen LogP contribution in [0, 0.1) is 0 Å². The molecule has 1 aromatic carbocycles. The van der Waals surface area contributed by atoms with Crippen molar-refractivity contribution in [2.24, 2.45) is 5.84 Å². The van der Waals surface area contributed by atoms with E-state index in [-0.39, 0.29) is 12.5 Å². The number of imidazole rings is 1. The number of nitrogens with zero attached hydrogens (tertiary/aromatic N) is 2. The highest BCUT2D eigenvalue weighted by Gasteiger charge is 2.21. The molecule has 1 atom stereocenters. The van der Waals surface area contributed by atoms with Crippen LogP contribution in [0.4, 0.5) is 0 Å². The number of amides is 1. The summed E-state index contributed by atoms with van der Waals surface area (Å²) in [4.78, 5) is 15.9. The number of benzene rings is 1. The molecule has 6 nitrogen and oxygen atoms in total. The van der Waals surface area contributed by atoms with Crippen LogP contribution in [0.25, 0.3) is 11.0 Å². The molecule has 0 fully saturated rings. The Hall–Kier alpha value is -1.92. The van der Waals surface area contributed by atoms with Crippen molar-refractivity contribution in [3.8, 4) is 0 Å². The summed E-state index contributed by atoms with van der Waals surface area (Å²) in [6.45, 7) is 0.239. The minimum atomic E-state index is -0.516. The first-order chi connectivity index (χ1) is 8.27. The molecular formula is C11H14N4O2. The summed E-state index contributed by atoms with van der Waals surface area (Å²) >= 11 is 0. The van der Waals surface area contributed by atoms with E-state index in [2.05, 4.69) is 10.4 Å². The number of hydrazine groups is 1. The average molecular weight is 234 g/mol. The number of ether oxygens (including phenoxy) is 1. The molecule has 6 heteroatoms. The van der Waals surface area contributed by atoms with Gasteiger partial charge in [0.15, 0.2) is 0 Å².